The molecule has 0 aromatic heterocycles. The third kappa shape index (κ3) is 5.17. The lowest BCUT2D eigenvalue weighted by Crippen LogP contribution is -2.31. The molecule has 1 atom stereocenters. The number of aliphatic hydroxyl groups is 1. The number of Topliss-reactive ketones (excluding diaryl/α,β-unsaturated/α-hetero) is 1. The number of aliphatic hydroxyl groups excluding tert-OH is 1. The highest BCUT2D eigenvalue weighted by molar-refractivity contribution is 9.10. The Kier molecular flexibility index (Phi) is 7.87. The normalized spacial score (nSPS) is 17.9. The summed E-state index contributed by atoms with van der Waals surface area (Å²) in [4.78, 5) is 27.3. The van der Waals surface area contributed by atoms with Crippen molar-refractivity contribution in [3.8, 4) is 5.75 Å². The summed E-state index contributed by atoms with van der Waals surface area (Å²) in [5.74, 6) is -0.821. The number of rotatable bonds is 9. The number of likely N-dealkylation sites (tertiary alicyclic amines) is 1. The van der Waals surface area contributed by atoms with E-state index in [-0.39, 0.29) is 11.3 Å². The van der Waals surface area contributed by atoms with E-state index < -0.39 is 17.7 Å². The average Bonchev–Trinajstić information content (AvgIpc) is 3.03. The van der Waals surface area contributed by atoms with E-state index in [9.17, 15) is 14.7 Å². The van der Waals surface area contributed by atoms with Gasteiger partial charge in [0.1, 0.15) is 11.5 Å². The third-order valence-electron chi connectivity index (χ3n) is 5.05. The Bertz CT molecular complexity index is 970. The molecule has 31 heavy (non-hydrogen) atoms. The Balaban J connectivity index is 2.04. The first kappa shape index (κ1) is 23.0. The topological polar surface area (TPSA) is 76.1 Å². The van der Waals surface area contributed by atoms with E-state index in [4.69, 9.17) is 9.47 Å². The molecule has 0 aliphatic carbocycles. The van der Waals surface area contributed by atoms with E-state index in [0.29, 0.717) is 37.5 Å². The van der Waals surface area contributed by atoms with Crippen LogP contribution in [0.25, 0.3) is 5.76 Å². The molecular weight excluding hydrogens is 462 g/mol. The van der Waals surface area contributed by atoms with Gasteiger partial charge in [-0.1, -0.05) is 35.0 Å². The van der Waals surface area contributed by atoms with Crippen LogP contribution in [0.15, 0.2) is 58.6 Å². The van der Waals surface area contributed by atoms with Crippen molar-refractivity contribution in [2.24, 2.45) is 0 Å². The van der Waals surface area contributed by atoms with Crippen molar-refractivity contribution in [2.75, 3.05) is 26.9 Å². The van der Waals surface area contributed by atoms with Gasteiger partial charge in [0.05, 0.1) is 18.2 Å². The van der Waals surface area contributed by atoms with E-state index in [0.717, 1.165) is 16.5 Å². The predicted molar refractivity (Wildman–Crippen MR) is 122 cm³/mol. The second-order valence-corrected chi connectivity index (χ2v) is 8.18. The van der Waals surface area contributed by atoms with Gasteiger partial charge >= 0.3 is 0 Å². The number of methoxy groups -OCH3 is 1. The Labute approximate surface area is 190 Å². The molecule has 0 spiro atoms. The summed E-state index contributed by atoms with van der Waals surface area (Å²) in [5.41, 5.74) is 1.29. The number of ether oxygens (including phenoxy) is 2. The second-order valence-electron chi connectivity index (χ2n) is 7.27. The van der Waals surface area contributed by atoms with Crippen LogP contribution >= 0.6 is 15.9 Å². The highest BCUT2D eigenvalue weighted by atomic mass is 79.9. The van der Waals surface area contributed by atoms with Crippen LogP contribution in [0.2, 0.25) is 0 Å². The molecule has 3 rings (SSSR count). The standard InChI is InChI=1S/C24H26BrNO5/c1-3-13-31-19-10-8-16(9-11-19)22(27)20-21(17-6-4-7-18(25)15-17)26(12-5-14-30-2)24(29)23(20)28/h4,6-11,15,21,27H,3,5,12-14H2,1-2H3/b22-20+. The first-order valence-electron chi connectivity index (χ1n) is 10.2. The van der Waals surface area contributed by atoms with Crippen molar-refractivity contribution >= 4 is 33.4 Å². The number of halogens is 1. The summed E-state index contributed by atoms with van der Waals surface area (Å²) in [5, 5.41) is 11.1. The fourth-order valence-electron chi connectivity index (χ4n) is 3.60. The fraction of sp³-hybridized carbons (Fsp3) is 0.333. The lowest BCUT2D eigenvalue weighted by Gasteiger charge is -2.25. The number of carbonyl (C=O) groups is 2. The smallest absolute Gasteiger partial charge is 0.295 e. The SMILES string of the molecule is CCCOc1ccc(/C(O)=C2\C(=O)C(=O)N(CCCOC)C2c2cccc(Br)c2)cc1. The van der Waals surface area contributed by atoms with Crippen LogP contribution in [-0.4, -0.2) is 48.6 Å². The van der Waals surface area contributed by atoms with Gasteiger partial charge in [0.25, 0.3) is 11.7 Å². The minimum atomic E-state index is -0.689. The van der Waals surface area contributed by atoms with Gasteiger partial charge in [-0.3, -0.25) is 9.59 Å². The van der Waals surface area contributed by atoms with Gasteiger partial charge in [-0.25, -0.2) is 0 Å². The summed E-state index contributed by atoms with van der Waals surface area (Å²) in [6, 6.07) is 13.6. The molecule has 7 heteroatoms. The second kappa shape index (κ2) is 10.6. The highest BCUT2D eigenvalue weighted by Gasteiger charge is 2.45. The summed E-state index contributed by atoms with van der Waals surface area (Å²) in [7, 11) is 1.59. The largest absolute Gasteiger partial charge is 0.507 e. The Morgan fingerprint density at radius 2 is 1.87 bits per heavy atom. The van der Waals surface area contributed by atoms with Crippen molar-refractivity contribution in [1.29, 1.82) is 0 Å². The van der Waals surface area contributed by atoms with Gasteiger partial charge in [-0.05, 0) is 54.8 Å². The summed E-state index contributed by atoms with van der Waals surface area (Å²) >= 11 is 3.45. The van der Waals surface area contributed by atoms with Crippen LogP contribution in [0.1, 0.15) is 36.9 Å². The highest BCUT2D eigenvalue weighted by Crippen LogP contribution is 2.40. The number of benzene rings is 2. The molecule has 0 bridgehead atoms. The summed E-state index contributed by atoms with van der Waals surface area (Å²) < 4.78 is 11.5. The molecule has 6 nitrogen and oxygen atoms in total. The maximum atomic E-state index is 13.0. The van der Waals surface area contributed by atoms with Gasteiger partial charge in [0, 0.05) is 30.3 Å². The first-order chi connectivity index (χ1) is 15.0. The fourth-order valence-corrected chi connectivity index (χ4v) is 4.01. The molecule has 2 aromatic carbocycles. The van der Waals surface area contributed by atoms with Crippen molar-refractivity contribution < 1.29 is 24.2 Å². The zero-order valence-electron chi connectivity index (χ0n) is 17.6. The van der Waals surface area contributed by atoms with Crippen LogP contribution < -0.4 is 4.74 Å². The van der Waals surface area contributed by atoms with Gasteiger partial charge in [-0.2, -0.15) is 0 Å². The molecule has 1 N–H and O–H groups in total. The molecule has 2 aromatic rings. The van der Waals surface area contributed by atoms with Crippen molar-refractivity contribution in [1.82, 2.24) is 4.90 Å². The molecule has 0 radical (unpaired) electrons. The molecule has 164 valence electrons. The quantitative estimate of drug-likeness (QED) is 0.240. The monoisotopic (exact) mass is 487 g/mol. The number of ketones is 1. The van der Waals surface area contributed by atoms with Crippen LogP contribution in [0.5, 0.6) is 5.75 Å². The zero-order valence-corrected chi connectivity index (χ0v) is 19.2. The van der Waals surface area contributed by atoms with Gasteiger partial charge in [0.15, 0.2) is 0 Å². The molecule has 1 aliphatic rings. The summed E-state index contributed by atoms with van der Waals surface area (Å²) in [6.45, 7) is 3.43. The van der Waals surface area contributed by atoms with E-state index in [2.05, 4.69) is 15.9 Å². The molecule has 1 aliphatic heterocycles. The molecular formula is C24H26BrNO5. The lowest BCUT2D eigenvalue weighted by molar-refractivity contribution is -0.140. The first-order valence-corrected chi connectivity index (χ1v) is 11.0. The number of carbonyl (C=O) groups excluding carboxylic acids is 2. The zero-order chi connectivity index (χ0) is 22.4. The van der Waals surface area contributed by atoms with E-state index in [1.165, 1.54) is 4.90 Å². The predicted octanol–water partition coefficient (Wildman–Crippen LogP) is 4.70. The van der Waals surface area contributed by atoms with E-state index in [1.807, 2.05) is 31.2 Å². The third-order valence-corrected chi connectivity index (χ3v) is 5.55. The Morgan fingerprint density at radius 1 is 1.13 bits per heavy atom. The minimum absolute atomic E-state index is 0.0859. The van der Waals surface area contributed by atoms with Gasteiger partial charge in [-0.15, -0.1) is 0 Å². The maximum absolute atomic E-state index is 13.0. The molecule has 1 heterocycles. The molecule has 1 unspecified atom stereocenters. The van der Waals surface area contributed by atoms with Crippen molar-refractivity contribution in [3.63, 3.8) is 0 Å². The average molecular weight is 488 g/mol. The van der Waals surface area contributed by atoms with Crippen LogP contribution in [0, 0.1) is 0 Å². The van der Waals surface area contributed by atoms with E-state index in [1.54, 1.807) is 31.4 Å². The maximum Gasteiger partial charge on any atom is 0.295 e. The van der Waals surface area contributed by atoms with E-state index >= 15 is 0 Å². The molecule has 0 saturated carbocycles. The van der Waals surface area contributed by atoms with Crippen molar-refractivity contribution in [3.05, 3.63) is 69.7 Å². The number of hydrogen-bond acceptors (Lipinski definition) is 5. The molecule has 1 saturated heterocycles. The summed E-state index contributed by atoms with van der Waals surface area (Å²) in [6.07, 6.45) is 1.47. The van der Waals surface area contributed by atoms with Crippen molar-refractivity contribution in [2.45, 2.75) is 25.8 Å². The number of amides is 1. The number of nitrogens with zero attached hydrogens (tertiary/aromatic N) is 1. The lowest BCUT2D eigenvalue weighted by atomic mass is 9.95. The van der Waals surface area contributed by atoms with Crippen LogP contribution in [0.3, 0.4) is 0 Å². The van der Waals surface area contributed by atoms with Gasteiger partial charge in [0.2, 0.25) is 0 Å². The minimum Gasteiger partial charge on any atom is -0.507 e. The number of hydrogen-bond donors (Lipinski definition) is 1. The molecule has 1 amide bonds. The van der Waals surface area contributed by atoms with Crippen LogP contribution in [0.4, 0.5) is 0 Å². The molecule has 1 fully saturated rings. The van der Waals surface area contributed by atoms with Crippen LogP contribution in [-0.2, 0) is 14.3 Å². The Hall–Kier alpha value is -2.64. The van der Waals surface area contributed by atoms with Gasteiger partial charge < -0.3 is 19.5 Å². The Morgan fingerprint density at radius 3 is 2.52 bits per heavy atom.